The smallest absolute Gasteiger partial charge is 0.422 e. The lowest BCUT2D eigenvalue weighted by molar-refractivity contribution is -0.153. The third-order valence-electron chi connectivity index (χ3n) is 2.16. The highest BCUT2D eigenvalue weighted by atomic mass is 19.4. The van der Waals surface area contributed by atoms with Crippen LogP contribution < -0.4 is 4.74 Å². The van der Waals surface area contributed by atoms with Crippen LogP contribution in [0, 0.1) is 20.8 Å². The molecule has 0 aliphatic heterocycles. The number of rotatable bonds is 2. The van der Waals surface area contributed by atoms with Gasteiger partial charge in [-0.3, -0.25) is 0 Å². The predicted octanol–water partition coefficient (Wildman–Crippen LogP) is 3.55. The monoisotopic (exact) mass is 218 g/mol. The molecule has 84 valence electrons. The maximum absolute atomic E-state index is 11.9. The Labute approximate surface area is 86.9 Å². The summed E-state index contributed by atoms with van der Waals surface area (Å²) >= 11 is 0. The van der Waals surface area contributed by atoms with Crippen molar-refractivity contribution >= 4 is 0 Å². The van der Waals surface area contributed by atoms with Crippen molar-refractivity contribution < 1.29 is 17.9 Å². The average Bonchev–Trinajstić information content (AvgIpc) is 2.07. The minimum absolute atomic E-state index is 0.310. The van der Waals surface area contributed by atoms with E-state index in [1.54, 1.807) is 13.0 Å². The Bertz CT molecular complexity index is 356. The molecular formula is C11H13F3O. The van der Waals surface area contributed by atoms with Crippen LogP contribution in [0.2, 0.25) is 0 Å². The van der Waals surface area contributed by atoms with Gasteiger partial charge in [0.15, 0.2) is 6.61 Å². The van der Waals surface area contributed by atoms with E-state index in [2.05, 4.69) is 0 Å². The lowest BCUT2D eigenvalue weighted by Crippen LogP contribution is -2.19. The van der Waals surface area contributed by atoms with Crippen molar-refractivity contribution in [3.8, 4) is 5.75 Å². The van der Waals surface area contributed by atoms with Crippen LogP contribution in [0.1, 0.15) is 16.7 Å². The Hall–Kier alpha value is -1.19. The summed E-state index contributed by atoms with van der Waals surface area (Å²) in [5, 5.41) is 0. The molecule has 0 N–H and O–H groups in total. The van der Waals surface area contributed by atoms with E-state index < -0.39 is 12.8 Å². The highest BCUT2D eigenvalue weighted by molar-refractivity contribution is 5.41. The van der Waals surface area contributed by atoms with Crippen LogP contribution in [0.15, 0.2) is 12.1 Å². The topological polar surface area (TPSA) is 9.23 Å². The largest absolute Gasteiger partial charge is 0.484 e. The van der Waals surface area contributed by atoms with Crippen LogP contribution in [-0.4, -0.2) is 12.8 Å². The quantitative estimate of drug-likeness (QED) is 0.737. The molecule has 0 aliphatic rings. The zero-order chi connectivity index (χ0) is 11.6. The van der Waals surface area contributed by atoms with Crippen LogP contribution in [0.3, 0.4) is 0 Å². The second kappa shape index (κ2) is 4.13. The van der Waals surface area contributed by atoms with Gasteiger partial charge in [0.25, 0.3) is 0 Å². The molecule has 1 nitrogen and oxygen atoms in total. The fraction of sp³-hybridized carbons (Fsp3) is 0.455. The molecule has 4 heteroatoms. The highest BCUT2D eigenvalue weighted by Crippen LogP contribution is 2.25. The molecule has 0 spiro atoms. The molecule has 0 bridgehead atoms. The van der Waals surface area contributed by atoms with Gasteiger partial charge in [-0.25, -0.2) is 0 Å². The van der Waals surface area contributed by atoms with Crippen LogP contribution in [0.4, 0.5) is 13.2 Å². The van der Waals surface area contributed by atoms with E-state index in [4.69, 9.17) is 4.74 Å². The van der Waals surface area contributed by atoms with Crippen molar-refractivity contribution in [2.45, 2.75) is 26.9 Å². The molecule has 0 saturated carbocycles. The standard InChI is InChI=1S/C11H13F3O/c1-7-4-8(2)9(3)10(5-7)15-6-11(12,13)14/h4-5H,6H2,1-3H3. The fourth-order valence-corrected chi connectivity index (χ4v) is 1.31. The molecule has 0 saturated heterocycles. The summed E-state index contributed by atoms with van der Waals surface area (Å²) in [6.07, 6.45) is -4.29. The summed E-state index contributed by atoms with van der Waals surface area (Å²) in [7, 11) is 0. The molecule has 1 rings (SSSR count). The molecule has 1 aromatic carbocycles. The Morgan fingerprint density at radius 2 is 1.73 bits per heavy atom. The molecule has 0 radical (unpaired) electrons. The van der Waals surface area contributed by atoms with Gasteiger partial charge >= 0.3 is 6.18 Å². The molecular weight excluding hydrogens is 205 g/mol. The van der Waals surface area contributed by atoms with Gasteiger partial charge in [-0.1, -0.05) is 6.07 Å². The van der Waals surface area contributed by atoms with E-state index in [0.29, 0.717) is 5.75 Å². The van der Waals surface area contributed by atoms with Gasteiger partial charge in [0.1, 0.15) is 5.75 Å². The van der Waals surface area contributed by atoms with Gasteiger partial charge in [-0.2, -0.15) is 13.2 Å². The maximum atomic E-state index is 11.9. The first-order valence-electron chi connectivity index (χ1n) is 4.57. The molecule has 0 aromatic heterocycles. The number of benzene rings is 1. The van der Waals surface area contributed by atoms with Gasteiger partial charge in [0.05, 0.1) is 0 Å². The van der Waals surface area contributed by atoms with Crippen molar-refractivity contribution in [1.29, 1.82) is 0 Å². The molecule has 15 heavy (non-hydrogen) atoms. The molecule has 1 aromatic rings. The van der Waals surface area contributed by atoms with Gasteiger partial charge in [-0.15, -0.1) is 0 Å². The summed E-state index contributed by atoms with van der Waals surface area (Å²) in [6.45, 7) is 4.19. The van der Waals surface area contributed by atoms with Gasteiger partial charge < -0.3 is 4.74 Å². The summed E-state index contributed by atoms with van der Waals surface area (Å²) in [6, 6.07) is 3.53. The molecule has 0 aliphatic carbocycles. The number of hydrogen-bond acceptors (Lipinski definition) is 1. The number of aryl methyl sites for hydroxylation is 2. The Morgan fingerprint density at radius 1 is 1.13 bits per heavy atom. The summed E-state index contributed by atoms with van der Waals surface area (Å²) in [5.74, 6) is 0.310. The lowest BCUT2D eigenvalue weighted by atomic mass is 10.1. The van der Waals surface area contributed by atoms with Crippen molar-refractivity contribution in [3.05, 3.63) is 28.8 Å². The molecule has 0 unspecified atom stereocenters. The summed E-state index contributed by atoms with van der Waals surface area (Å²) in [5.41, 5.74) is 2.59. The van der Waals surface area contributed by atoms with Crippen molar-refractivity contribution in [1.82, 2.24) is 0 Å². The number of hydrogen-bond donors (Lipinski definition) is 0. The zero-order valence-corrected chi connectivity index (χ0v) is 8.90. The Kier molecular flexibility index (Phi) is 3.27. The minimum Gasteiger partial charge on any atom is -0.484 e. The first-order valence-corrected chi connectivity index (χ1v) is 4.57. The fourth-order valence-electron chi connectivity index (χ4n) is 1.31. The SMILES string of the molecule is Cc1cc(C)c(C)c(OCC(F)(F)F)c1. The summed E-state index contributed by atoms with van der Waals surface area (Å²) in [4.78, 5) is 0. The van der Waals surface area contributed by atoms with Gasteiger partial charge in [0.2, 0.25) is 0 Å². The average molecular weight is 218 g/mol. The van der Waals surface area contributed by atoms with Crippen LogP contribution >= 0.6 is 0 Å². The van der Waals surface area contributed by atoms with E-state index in [-0.39, 0.29) is 0 Å². The third-order valence-corrected chi connectivity index (χ3v) is 2.16. The van der Waals surface area contributed by atoms with E-state index in [1.807, 2.05) is 19.9 Å². The highest BCUT2D eigenvalue weighted by Gasteiger charge is 2.28. The predicted molar refractivity (Wildman–Crippen MR) is 52.2 cm³/mol. The normalized spacial score (nSPS) is 11.6. The van der Waals surface area contributed by atoms with Gasteiger partial charge in [-0.05, 0) is 43.5 Å². The summed E-state index contributed by atoms with van der Waals surface area (Å²) < 4.78 is 40.6. The lowest BCUT2D eigenvalue weighted by Gasteiger charge is -2.13. The van der Waals surface area contributed by atoms with Crippen molar-refractivity contribution in [2.75, 3.05) is 6.61 Å². The Balaban J connectivity index is 2.86. The second-order valence-corrected chi connectivity index (χ2v) is 3.61. The number of alkyl halides is 3. The van der Waals surface area contributed by atoms with Gasteiger partial charge in [0, 0.05) is 0 Å². The minimum atomic E-state index is -4.29. The third kappa shape index (κ3) is 3.46. The first-order chi connectivity index (χ1) is 6.79. The molecule has 0 heterocycles. The van der Waals surface area contributed by atoms with Crippen LogP contribution in [0.25, 0.3) is 0 Å². The van der Waals surface area contributed by atoms with Crippen LogP contribution in [0.5, 0.6) is 5.75 Å². The van der Waals surface area contributed by atoms with Crippen molar-refractivity contribution in [2.24, 2.45) is 0 Å². The number of ether oxygens (including phenoxy) is 1. The van der Waals surface area contributed by atoms with Crippen molar-refractivity contribution in [3.63, 3.8) is 0 Å². The molecule has 0 amide bonds. The van der Waals surface area contributed by atoms with E-state index in [9.17, 15) is 13.2 Å². The molecule has 0 fully saturated rings. The maximum Gasteiger partial charge on any atom is 0.422 e. The first kappa shape index (κ1) is 11.9. The Morgan fingerprint density at radius 3 is 2.27 bits per heavy atom. The number of halogens is 3. The zero-order valence-electron chi connectivity index (χ0n) is 8.90. The molecule has 0 atom stereocenters. The second-order valence-electron chi connectivity index (χ2n) is 3.61. The van der Waals surface area contributed by atoms with E-state index in [1.165, 1.54) is 0 Å². The van der Waals surface area contributed by atoms with E-state index in [0.717, 1.165) is 16.7 Å². The van der Waals surface area contributed by atoms with Crippen LogP contribution in [-0.2, 0) is 0 Å². The van der Waals surface area contributed by atoms with E-state index >= 15 is 0 Å².